The molecule has 4 nitrogen and oxygen atoms in total. The normalized spacial score (nSPS) is 9.70. The number of nitrogens with one attached hydrogen (secondary N) is 1. The predicted molar refractivity (Wildman–Crippen MR) is 35.5 cm³/mol. The average Bonchev–Trinajstić information content (AvgIpc) is 1.79. The summed E-state index contributed by atoms with van der Waals surface area (Å²) in [7, 11) is 0. The van der Waals surface area contributed by atoms with Crippen LogP contribution in [0.3, 0.4) is 0 Å². The number of hydrogen-bond donors (Lipinski definition) is 2. The van der Waals surface area contributed by atoms with Crippen LogP contribution in [0.4, 0.5) is 0 Å². The lowest BCUT2D eigenvalue weighted by Gasteiger charge is -1.90. The molecule has 10 heavy (non-hydrogen) atoms. The Bertz CT molecular complexity index is 162. The highest BCUT2D eigenvalue weighted by molar-refractivity contribution is 5.87. The van der Waals surface area contributed by atoms with Gasteiger partial charge in [0.1, 0.15) is 6.54 Å². The molecule has 0 radical (unpaired) electrons. The van der Waals surface area contributed by atoms with Gasteiger partial charge in [0.05, 0.1) is 0 Å². The summed E-state index contributed by atoms with van der Waals surface area (Å²) >= 11 is 0. The number of rotatable bonds is 4. The summed E-state index contributed by atoms with van der Waals surface area (Å²) in [5.74, 6) is -1.06. The Morgan fingerprint density at radius 2 is 2.20 bits per heavy atom. The van der Waals surface area contributed by atoms with Gasteiger partial charge in [-0.15, -0.1) is 0 Å². The summed E-state index contributed by atoms with van der Waals surface area (Å²) in [5, 5.41) is 10.5. The van der Waals surface area contributed by atoms with Gasteiger partial charge >= 0.3 is 5.97 Å². The Kier molecular flexibility index (Phi) is 3.95. The first-order chi connectivity index (χ1) is 4.63. The topological polar surface area (TPSA) is 66.4 Å². The van der Waals surface area contributed by atoms with E-state index in [1.165, 1.54) is 19.2 Å². The van der Waals surface area contributed by atoms with Gasteiger partial charge in [0.25, 0.3) is 0 Å². The van der Waals surface area contributed by atoms with Crippen LogP contribution in [0.2, 0.25) is 0 Å². The quantitative estimate of drug-likeness (QED) is 0.533. The molecule has 0 aliphatic heterocycles. The number of aliphatic carboxylic acids is 1. The highest BCUT2D eigenvalue weighted by Gasteiger charge is 1.89. The first-order valence-corrected chi connectivity index (χ1v) is 2.75. The van der Waals surface area contributed by atoms with E-state index in [2.05, 4.69) is 5.32 Å². The summed E-state index contributed by atoms with van der Waals surface area (Å²) in [6.07, 6.45) is 2.58. The van der Waals surface area contributed by atoms with Gasteiger partial charge in [0.2, 0.25) is 0 Å². The molecule has 0 unspecified atom stereocenters. The zero-order chi connectivity index (χ0) is 7.98. The molecule has 0 rings (SSSR count). The van der Waals surface area contributed by atoms with Crippen LogP contribution in [-0.2, 0) is 9.59 Å². The molecule has 0 saturated carbocycles. The molecule has 0 heterocycles. The van der Waals surface area contributed by atoms with Crippen molar-refractivity contribution in [3.8, 4) is 0 Å². The molecule has 0 fully saturated rings. The maximum atomic E-state index is 10.2. The molecular weight excluding hydrogens is 134 g/mol. The van der Waals surface area contributed by atoms with Crippen LogP contribution in [0.1, 0.15) is 6.92 Å². The van der Waals surface area contributed by atoms with Crippen molar-refractivity contribution in [2.45, 2.75) is 6.92 Å². The van der Waals surface area contributed by atoms with Gasteiger partial charge in [-0.3, -0.25) is 9.59 Å². The van der Waals surface area contributed by atoms with Crippen LogP contribution in [0.5, 0.6) is 0 Å². The molecule has 0 spiro atoms. The Hall–Kier alpha value is -1.32. The Morgan fingerprint density at radius 1 is 1.60 bits per heavy atom. The molecule has 0 saturated heterocycles. The third-order valence-electron chi connectivity index (χ3n) is 0.689. The van der Waals surface area contributed by atoms with E-state index in [4.69, 9.17) is 5.11 Å². The van der Waals surface area contributed by atoms with Crippen molar-refractivity contribution < 1.29 is 14.7 Å². The summed E-state index contributed by atoms with van der Waals surface area (Å²) in [5.41, 5.74) is 0. The number of carboxylic acid groups (broad SMARTS) is 1. The molecule has 4 heteroatoms. The van der Waals surface area contributed by atoms with Gasteiger partial charge in [-0.1, -0.05) is 0 Å². The number of hydrogen-bond acceptors (Lipinski definition) is 3. The number of carbonyl (C=O) groups excluding carboxylic acids is 1. The molecule has 2 N–H and O–H groups in total. The predicted octanol–water partition coefficient (Wildman–Crippen LogP) is -0.237. The molecule has 56 valence electrons. The van der Waals surface area contributed by atoms with E-state index in [9.17, 15) is 9.59 Å². The lowest BCUT2D eigenvalue weighted by Crippen LogP contribution is -2.16. The van der Waals surface area contributed by atoms with Gasteiger partial charge in [-0.2, -0.15) is 0 Å². The summed E-state index contributed by atoms with van der Waals surface area (Å²) in [6.45, 7) is 1.22. The van der Waals surface area contributed by atoms with Gasteiger partial charge in [-0.25, -0.2) is 0 Å². The average molecular weight is 143 g/mol. The van der Waals surface area contributed by atoms with E-state index in [0.29, 0.717) is 0 Å². The van der Waals surface area contributed by atoms with Crippen molar-refractivity contribution in [3.05, 3.63) is 12.3 Å². The van der Waals surface area contributed by atoms with Gasteiger partial charge in [-0.05, 0) is 13.0 Å². The maximum absolute atomic E-state index is 10.2. The van der Waals surface area contributed by atoms with Crippen molar-refractivity contribution in [1.29, 1.82) is 0 Å². The third-order valence-corrected chi connectivity index (χ3v) is 0.689. The standard InChI is InChI=1S/C6H9NO3/c1-5(8)2-3-7-4-6(9)10/h2-3,7H,4H2,1H3,(H,9,10)/b3-2+. The van der Waals surface area contributed by atoms with E-state index in [1.54, 1.807) is 0 Å². The first-order valence-electron chi connectivity index (χ1n) is 2.75. The fourth-order valence-corrected chi connectivity index (χ4v) is 0.323. The second-order valence-electron chi connectivity index (χ2n) is 1.72. The molecule has 0 aromatic heterocycles. The van der Waals surface area contributed by atoms with Gasteiger partial charge < -0.3 is 10.4 Å². The van der Waals surface area contributed by atoms with E-state index in [0.717, 1.165) is 0 Å². The summed E-state index contributed by atoms with van der Waals surface area (Å²) in [6, 6.07) is 0. The Balaban J connectivity index is 3.36. The zero-order valence-corrected chi connectivity index (χ0v) is 5.63. The zero-order valence-electron chi connectivity index (χ0n) is 5.63. The molecule has 0 aliphatic carbocycles. The van der Waals surface area contributed by atoms with Crippen molar-refractivity contribution in [2.24, 2.45) is 0 Å². The maximum Gasteiger partial charge on any atom is 0.322 e. The lowest BCUT2D eigenvalue weighted by molar-refractivity contribution is -0.135. The minimum absolute atomic E-state index is 0.113. The summed E-state index contributed by atoms with van der Waals surface area (Å²) < 4.78 is 0. The molecule has 0 atom stereocenters. The van der Waals surface area contributed by atoms with Crippen molar-refractivity contribution in [2.75, 3.05) is 6.54 Å². The molecular formula is C6H9NO3. The molecule has 0 bridgehead atoms. The fraction of sp³-hybridized carbons (Fsp3) is 0.333. The van der Waals surface area contributed by atoms with E-state index in [-0.39, 0.29) is 12.3 Å². The molecule has 0 amide bonds. The Labute approximate surface area is 58.5 Å². The Morgan fingerprint density at radius 3 is 2.60 bits per heavy atom. The lowest BCUT2D eigenvalue weighted by atomic mass is 10.4. The second kappa shape index (κ2) is 4.55. The van der Waals surface area contributed by atoms with Crippen molar-refractivity contribution in [1.82, 2.24) is 5.32 Å². The van der Waals surface area contributed by atoms with Crippen molar-refractivity contribution >= 4 is 11.8 Å². The van der Waals surface area contributed by atoms with Crippen LogP contribution < -0.4 is 5.32 Å². The summed E-state index contributed by atoms with van der Waals surface area (Å²) in [4.78, 5) is 20.1. The first kappa shape index (κ1) is 8.68. The second-order valence-corrected chi connectivity index (χ2v) is 1.72. The smallest absolute Gasteiger partial charge is 0.322 e. The SMILES string of the molecule is CC(=O)/C=C/NCC(=O)O. The van der Waals surface area contributed by atoms with Crippen LogP contribution >= 0.6 is 0 Å². The van der Waals surface area contributed by atoms with Crippen molar-refractivity contribution in [3.63, 3.8) is 0 Å². The monoisotopic (exact) mass is 143 g/mol. The molecule has 0 aliphatic rings. The molecule has 0 aromatic carbocycles. The minimum atomic E-state index is -0.951. The molecule has 0 aromatic rings. The van der Waals surface area contributed by atoms with Crippen LogP contribution in [-0.4, -0.2) is 23.4 Å². The van der Waals surface area contributed by atoms with E-state index in [1.807, 2.05) is 0 Å². The van der Waals surface area contributed by atoms with Gasteiger partial charge in [0, 0.05) is 6.20 Å². The number of allylic oxidation sites excluding steroid dienone is 1. The van der Waals surface area contributed by atoms with Crippen LogP contribution in [0.15, 0.2) is 12.3 Å². The highest BCUT2D eigenvalue weighted by Crippen LogP contribution is 1.70. The number of ketones is 1. The largest absolute Gasteiger partial charge is 0.480 e. The fourth-order valence-electron chi connectivity index (χ4n) is 0.323. The number of carboxylic acids is 1. The van der Waals surface area contributed by atoms with Gasteiger partial charge in [0.15, 0.2) is 5.78 Å². The van der Waals surface area contributed by atoms with E-state index >= 15 is 0 Å². The van der Waals surface area contributed by atoms with Crippen LogP contribution in [0.25, 0.3) is 0 Å². The number of carbonyl (C=O) groups is 2. The van der Waals surface area contributed by atoms with Crippen LogP contribution in [0, 0.1) is 0 Å². The van der Waals surface area contributed by atoms with E-state index < -0.39 is 5.97 Å². The third kappa shape index (κ3) is 6.68. The minimum Gasteiger partial charge on any atom is -0.480 e. The highest BCUT2D eigenvalue weighted by atomic mass is 16.4.